The molecular weight excluding hydrogens is 878 g/mol. The van der Waals surface area contributed by atoms with Gasteiger partial charge in [-0.25, -0.2) is 48.5 Å². The van der Waals surface area contributed by atoms with Gasteiger partial charge in [0.05, 0.1) is 58.4 Å². The van der Waals surface area contributed by atoms with E-state index < -0.39 is 89.0 Å². The molecule has 2 aromatic heterocycles. The second-order valence-electron chi connectivity index (χ2n) is 14.9. The SMILES string of the molecule is O=C(Cn1nc(C(F)F)cc1C(F)F)N[C@@H](Cc1cc(F)cc(F)c1)C1=Nc2cc(N3CCOCC3)ccc2CN1c1ccc(Cl)c2c(NS(=O)(=O)C3CC3)nn(CC(F)F)c12. The maximum absolute atomic E-state index is 14.7. The maximum Gasteiger partial charge on any atom is 0.282 e. The van der Waals surface area contributed by atoms with E-state index in [1.165, 1.54) is 17.0 Å². The van der Waals surface area contributed by atoms with Gasteiger partial charge in [0.25, 0.3) is 19.3 Å². The first-order chi connectivity index (χ1) is 29.5. The molecule has 2 aliphatic heterocycles. The second kappa shape index (κ2) is 17.4. The largest absolute Gasteiger partial charge is 0.378 e. The number of aliphatic imine (C=N–C) groups is 1. The maximum atomic E-state index is 14.7. The van der Waals surface area contributed by atoms with Crippen molar-refractivity contribution in [2.24, 2.45) is 4.99 Å². The lowest BCUT2D eigenvalue weighted by molar-refractivity contribution is -0.122. The fraction of sp³-hybridized carbons (Fsp3) is 0.385. The van der Waals surface area contributed by atoms with E-state index in [4.69, 9.17) is 21.3 Å². The van der Waals surface area contributed by atoms with Crippen LogP contribution in [0.3, 0.4) is 0 Å². The molecule has 0 radical (unpaired) electrons. The van der Waals surface area contributed by atoms with Crippen molar-refractivity contribution in [1.29, 1.82) is 0 Å². The zero-order valence-corrected chi connectivity index (χ0v) is 33.8. The first-order valence-electron chi connectivity index (χ1n) is 19.2. The highest BCUT2D eigenvalue weighted by Crippen LogP contribution is 2.42. The van der Waals surface area contributed by atoms with E-state index in [-0.39, 0.29) is 45.4 Å². The Kier molecular flexibility index (Phi) is 12.1. The third kappa shape index (κ3) is 9.17. The van der Waals surface area contributed by atoms with Gasteiger partial charge in [-0.1, -0.05) is 17.7 Å². The number of carbonyl (C=O) groups excluding carboxylic acids is 1. The molecule has 1 aliphatic carbocycles. The molecule has 2 N–H and O–H groups in total. The number of rotatable bonds is 15. The van der Waals surface area contributed by atoms with Crippen LogP contribution in [-0.2, 0) is 45.6 Å². The average Bonchev–Trinajstić information content (AvgIpc) is 3.91. The topological polar surface area (TPSA) is 139 Å². The van der Waals surface area contributed by atoms with Gasteiger partial charge < -0.3 is 19.9 Å². The van der Waals surface area contributed by atoms with Crippen LogP contribution in [0.15, 0.2) is 59.6 Å². The Hall–Kier alpha value is -5.48. The zero-order valence-electron chi connectivity index (χ0n) is 32.2. The summed E-state index contributed by atoms with van der Waals surface area (Å²) in [7, 11) is -4.00. The predicted octanol–water partition coefficient (Wildman–Crippen LogP) is 7.52. The van der Waals surface area contributed by atoms with E-state index in [0.717, 1.165) is 22.5 Å². The van der Waals surface area contributed by atoms with E-state index >= 15 is 0 Å². The highest BCUT2D eigenvalue weighted by atomic mass is 35.5. The number of benzene rings is 3. The summed E-state index contributed by atoms with van der Waals surface area (Å²) in [6.45, 7) is -0.0909. The minimum atomic E-state index is -4.00. The van der Waals surface area contributed by atoms with Crippen molar-refractivity contribution < 1.29 is 53.1 Å². The van der Waals surface area contributed by atoms with Crippen molar-refractivity contribution in [2.75, 3.05) is 40.8 Å². The minimum Gasteiger partial charge on any atom is -0.378 e. The summed E-state index contributed by atoms with van der Waals surface area (Å²) in [4.78, 5) is 22.4. The molecule has 0 bridgehead atoms. The van der Waals surface area contributed by atoms with Gasteiger partial charge in [0.15, 0.2) is 5.82 Å². The van der Waals surface area contributed by atoms with Crippen LogP contribution in [-0.4, -0.2) is 83.7 Å². The van der Waals surface area contributed by atoms with Gasteiger partial charge in [-0.2, -0.15) is 10.2 Å². The summed E-state index contributed by atoms with van der Waals surface area (Å²) in [5, 5.41) is 9.59. The normalized spacial score (nSPS) is 16.4. The van der Waals surface area contributed by atoms with Crippen LogP contribution < -0.4 is 19.8 Å². The van der Waals surface area contributed by atoms with Crippen molar-refractivity contribution in [3.63, 3.8) is 0 Å². The molecule has 4 heterocycles. The molecule has 13 nitrogen and oxygen atoms in total. The zero-order chi connectivity index (χ0) is 44.0. The number of amidine groups is 1. The first-order valence-corrected chi connectivity index (χ1v) is 21.2. The summed E-state index contributed by atoms with van der Waals surface area (Å²) in [6.07, 6.45) is -9.18. The molecule has 330 valence electrons. The fourth-order valence-electron chi connectivity index (χ4n) is 7.54. The van der Waals surface area contributed by atoms with E-state index in [9.17, 15) is 48.3 Å². The number of morpholine rings is 1. The number of amides is 1. The van der Waals surface area contributed by atoms with Gasteiger partial charge in [0.1, 0.15) is 41.9 Å². The number of halogens is 9. The van der Waals surface area contributed by atoms with Gasteiger partial charge in [-0.05, 0) is 66.4 Å². The van der Waals surface area contributed by atoms with Crippen LogP contribution in [0.5, 0.6) is 0 Å². The van der Waals surface area contributed by atoms with E-state index in [1.54, 1.807) is 12.1 Å². The number of sulfonamides is 1. The molecule has 0 unspecified atom stereocenters. The Bertz CT molecular complexity index is 2630. The Labute approximate surface area is 353 Å². The summed E-state index contributed by atoms with van der Waals surface area (Å²) in [5.41, 5.74) is -0.227. The first kappa shape index (κ1) is 43.2. The summed E-state index contributed by atoms with van der Waals surface area (Å²) < 4.78 is 148. The van der Waals surface area contributed by atoms with E-state index in [1.807, 2.05) is 11.0 Å². The molecule has 1 saturated heterocycles. The molecule has 5 aromatic rings. The molecule has 1 amide bonds. The van der Waals surface area contributed by atoms with Crippen molar-refractivity contribution in [3.05, 3.63) is 93.8 Å². The van der Waals surface area contributed by atoms with E-state index in [0.29, 0.717) is 67.2 Å². The number of fused-ring (bicyclic) bond motifs is 2. The van der Waals surface area contributed by atoms with Crippen molar-refractivity contribution in [2.45, 2.75) is 69.5 Å². The molecule has 1 atom stereocenters. The molecule has 3 aromatic carbocycles. The van der Waals surface area contributed by atoms with Crippen molar-refractivity contribution in [1.82, 2.24) is 24.9 Å². The molecule has 1 saturated carbocycles. The molecule has 0 spiro atoms. The number of alkyl halides is 6. The lowest BCUT2D eigenvalue weighted by Gasteiger charge is -2.36. The number of anilines is 3. The van der Waals surface area contributed by atoms with Gasteiger partial charge in [0.2, 0.25) is 15.9 Å². The molecule has 8 rings (SSSR count). The third-order valence-corrected chi connectivity index (χ3v) is 12.6. The van der Waals surface area contributed by atoms with Gasteiger partial charge in [-0.3, -0.25) is 18.9 Å². The Morgan fingerprint density at radius 2 is 1.63 bits per heavy atom. The molecular formula is C39H36ClF8N9O4S. The number of nitrogens with zero attached hydrogens (tertiary/aromatic N) is 7. The van der Waals surface area contributed by atoms with Crippen LogP contribution in [0.2, 0.25) is 5.02 Å². The van der Waals surface area contributed by atoms with Crippen LogP contribution in [0.4, 0.5) is 58.0 Å². The van der Waals surface area contributed by atoms with Crippen LogP contribution in [0, 0.1) is 11.6 Å². The summed E-state index contributed by atoms with van der Waals surface area (Å²) in [5.74, 6) is -3.35. The number of aromatic nitrogens is 4. The third-order valence-electron chi connectivity index (χ3n) is 10.5. The Morgan fingerprint density at radius 1 is 0.903 bits per heavy atom. The number of nitrogens with one attached hydrogen (secondary N) is 2. The van der Waals surface area contributed by atoms with Gasteiger partial charge in [-0.15, -0.1) is 0 Å². The summed E-state index contributed by atoms with van der Waals surface area (Å²) in [6, 6.07) is 9.91. The quantitative estimate of drug-likeness (QED) is 0.103. The summed E-state index contributed by atoms with van der Waals surface area (Å²) >= 11 is 6.68. The monoisotopic (exact) mass is 913 g/mol. The van der Waals surface area contributed by atoms with Crippen LogP contribution in [0.1, 0.15) is 48.2 Å². The van der Waals surface area contributed by atoms with Gasteiger partial charge >= 0.3 is 0 Å². The number of hydrogen-bond acceptors (Lipinski definition) is 9. The number of carbonyl (C=O) groups is 1. The smallest absolute Gasteiger partial charge is 0.282 e. The molecule has 2 fully saturated rings. The van der Waals surface area contributed by atoms with Crippen molar-refractivity contribution in [3.8, 4) is 0 Å². The van der Waals surface area contributed by atoms with Crippen LogP contribution >= 0.6 is 11.6 Å². The lowest BCUT2D eigenvalue weighted by atomic mass is 10.00. The minimum absolute atomic E-state index is 0.00331. The Balaban J connectivity index is 1.29. The van der Waals surface area contributed by atoms with Gasteiger partial charge in [0, 0.05) is 31.3 Å². The highest BCUT2D eigenvalue weighted by molar-refractivity contribution is 7.93. The molecule has 23 heteroatoms. The fourth-order valence-corrected chi connectivity index (χ4v) is 9.12. The molecule has 62 heavy (non-hydrogen) atoms. The highest BCUT2D eigenvalue weighted by Gasteiger charge is 2.38. The second-order valence-corrected chi connectivity index (χ2v) is 17.2. The number of hydrogen-bond donors (Lipinski definition) is 2. The Morgan fingerprint density at radius 3 is 2.29 bits per heavy atom. The molecule has 3 aliphatic rings. The van der Waals surface area contributed by atoms with Crippen molar-refractivity contribution >= 4 is 67.1 Å². The average molecular weight is 914 g/mol. The van der Waals surface area contributed by atoms with E-state index in [2.05, 4.69) is 20.2 Å². The standard InChI is InChI=1S/C39H36ClF8N9O4S/c40-26-5-6-30(35-34(26)38(52-57(35)18-32(43)44)53-62(59,60)25-3-4-25)55-17-21-1-2-24(54-7-9-61-10-8-54)15-27(21)50-39(55)29(13-20-11-22(41)14-23(42)12-20)49-33(58)19-56-31(37(47)48)16-28(51-56)36(45)46/h1-2,5-6,11-12,14-16,25,29,32,36-37H,3-4,7-10,13,17-19H2,(H,49,58)(H,52,53)/t29-/m0/s1. The lowest BCUT2D eigenvalue weighted by Crippen LogP contribution is -2.51. The number of ether oxygens (including phenoxy) is 1. The van der Waals surface area contributed by atoms with Crippen LogP contribution in [0.25, 0.3) is 10.9 Å². The predicted molar refractivity (Wildman–Crippen MR) is 213 cm³/mol.